The van der Waals surface area contributed by atoms with Crippen LogP contribution in [0.15, 0.2) is 24.3 Å². The summed E-state index contributed by atoms with van der Waals surface area (Å²) < 4.78 is 10.9. The van der Waals surface area contributed by atoms with Crippen molar-refractivity contribution in [2.45, 2.75) is 62.7 Å². The lowest BCUT2D eigenvalue weighted by atomic mass is 9.99. The van der Waals surface area contributed by atoms with E-state index in [-0.39, 0.29) is 6.61 Å². The second kappa shape index (κ2) is 13.5. The van der Waals surface area contributed by atoms with Crippen LogP contribution in [0.2, 0.25) is 0 Å². The summed E-state index contributed by atoms with van der Waals surface area (Å²) in [5.41, 5.74) is 0. The van der Waals surface area contributed by atoms with E-state index in [2.05, 4.69) is 23.7 Å². The number of aliphatic hydroxyl groups excluding tert-OH is 6. The van der Waals surface area contributed by atoms with Gasteiger partial charge in [-0.05, 0) is 37.7 Å². The van der Waals surface area contributed by atoms with Crippen molar-refractivity contribution < 1.29 is 40.1 Å². The number of hydrogen-bond acceptors (Lipinski definition) is 8. The third kappa shape index (κ3) is 7.72. The van der Waals surface area contributed by atoms with Gasteiger partial charge in [0.1, 0.15) is 36.6 Å². The van der Waals surface area contributed by atoms with Gasteiger partial charge in [0.15, 0.2) is 6.29 Å². The molecule has 0 aromatic carbocycles. The molecule has 0 aromatic rings. The molecule has 8 heteroatoms. The summed E-state index contributed by atoms with van der Waals surface area (Å²) in [6.07, 6.45) is -2.07. The van der Waals surface area contributed by atoms with Crippen LogP contribution in [0.3, 0.4) is 0 Å². The Labute approximate surface area is 164 Å². The minimum Gasteiger partial charge on any atom is -0.396 e. The van der Waals surface area contributed by atoms with Crippen molar-refractivity contribution >= 4 is 0 Å². The molecule has 0 spiro atoms. The maximum absolute atomic E-state index is 10.3. The van der Waals surface area contributed by atoms with Gasteiger partial charge in [0, 0.05) is 6.61 Å². The lowest BCUT2D eigenvalue weighted by Gasteiger charge is -2.40. The first-order chi connectivity index (χ1) is 13.5. The Bertz CT molecular complexity index is 622. The Morgan fingerprint density at radius 1 is 1.11 bits per heavy atom. The van der Waals surface area contributed by atoms with E-state index >= 15 is 0 Å². The van der Waals surface area contributed by atoms with Crippen molar-refractivity contribution in [1.82, 2.24) is 0 Å². The Hall–Kier alpha value is -1.72. The lowest BCUT2D eigenvalue weighted by molar-refractivity contribution is -0.311. The van der Waals surface area contributed by atoms with Crippen molar-refractivity contribution in [3.8, 4) is 23.7 Å². The first kappa shape index (κ1) is 24.3. The number of unbranched alkanes of at least 4 members (excludes halogenated alkanes) is 1. The van der Waals surface area contributed by atoms with Gasteiger partial charge in [-0.3, -0.25) is 0 Å². The van der Waals surface area contributed by atoms with Crippen LogP contribution in [0.25, 0.3) is 0 Å². The molecule has 8 nitrogen and oxygen atoms in total. The molecule has 2 unspecified atom stereocenters. The fourth-order valence-electron chi connectivity index (χ4n) is 2.35. The van der Waals surface area contributed by atoms with Crippen molar-refractivity contribution in [2.24, 2.45) is 0 Å². The minimum absolute atomic E-state index is 0.00543. The Morgan fingerprint density at radius 3 is 2.50 bits per heavy atom. The smallest absolute Gasteiger partial charge is 0.187 e. The average Bonchev–Trinajstić information content (AvgIpc) is 2.69. The Balaban J connectivity index is 2.92. The average molecular weight is 396 g/mol. The summed E-state index contributed by atoms with van der Waals surface area (Å²) in [5, 5.41) is 58.2. The lowest BCUT2D eigenvalue weighted by Crippen LogP contribution is -2.60. The number of ether oxygens (including phenoxy) is 2. The zero-order chi connectivity index (χ0) is 20.9. The van der Waals surface area contributed by atoms with Gasteiger partial charge in [0.05, 0.1) is 6.61 Å². The quantitative estimate of drug-likeness (QED) is 0.165. The molecular weight excluding hydrogens is 368 g/mol. The SMILES string of the molecule is CC=CC#CC#CC(O)C(C=CCCCO)O[C@@H]1O[C@H](CO)[C@@H](O)[C@H](O)[C@H]1O. The van der Waals surface area contributed by atoms with Gasteiger partial charge >= 0.3 is 0 Å². The van der Waals surface area contributed by atoms with Gasteiger partial charge in [-0.15, -0.1) is 0 Å². The third-order valence-electron chi connectivity index (χ3n) is 3.91. The summed E-state index contributed by atoms with van der Waals surface area (Å²) in [7, 11) is 0. The second-order valence-corrected chi connectivity index (χ2v) is 6.08. The fraction of sp³-hybridized carbons (Fsp3) is 0.600. The molecule has 1 aliphatic heterocycles. The summed E-state index contributed by atoms with van der Waals surface area (Å²) >= 11 is 0. The number of allylic oxidation sites excluding steroid dienone is 3. The van der Waals surface area contributed by atoms with E-state index in [1.54, 1.807) is 25.2 Å². The number of hydrogen-bond donors (Lipinski definition) is 6. The van der Waals surface area contributed by atoms with Crippen LogP contribution in [-0.4, -0.2) is 86.8 Å². The molecule has 7 atom stereocenters. The van der Waals surface area contributed by atoms with Gasteiger partial charge in [0.25, 0.3) is 0 Å². The fourth-order valence-corrected chi connectivity index (χ4v) is 2.35. The summed E-state index contributed by atoms with van der Waals surface area (Å²) in [5.74, 6) is 10.2. The molecule has 1 saturated heterocycles. The van der Waals surface area contributed by atoms with Crippen LogP contribution in [0, 0.1) is 23.7 Å². The third-order valence-corrected chi connectivity index (χ3v) is 3.91. The van der Waals surface area contributed by atoms with E-state index in [9.17, 15) is 25.5 Å². The molecule has 0 aliphatic carbocycles. The zero-order valence-corrected chi connectivity index (χ0v) is 15.7. The highest BCUT2D eigenvalue weighted by molar-refractivity contribution is 5.32. The highest BCUT2D eigenvalue weighted by atomic mass is 16.7. The van der Waals surface area contributed by atoms with Crippen LogP contribution in [0.1, 0.15) is 19.8 Å². The van der Waals surface area contributed by atoms with E-state index in [0.717, 1.165) is 0 Å². The van der Waals surface area contributed by atoms with Crippen LogP contribution in [0.4, 0.5) is 0 Å². The van der Waals surface area contributed by atoms with E-state index in [1.807, 2.05) is 0 Å². The number of rotatable bonds is 8. The Kier molecular flexibility index (Phi) is 11.7. The van der Waals surface area contributed by atoms with Crippen LogP contribution >= 0.6 is 0 Å². The molecule has 0 amide bonds. The van der Waals surface area contributed by atoms with Crippen molar-refractivity contribution in [3.05, 3.63) is 24.3 Å². The molecule has 0 saturated carbocycles. The van der Waals surface area contributed by atoms with Gasteiger partial charge in [-0.2, -0.15) is 0 Å². The van der Waals surface area contributed by atoms with Gasteiger partial charge in [-0.25, -0.2) is 0 Å². The molecule has 0 radical (unpaired) electrons. The predicted molar refractivity (Wildman–Crippen MR) is 100 cm³/mol. The van der Waals surface area contributed by atoms with E-state index in [4.69, 9.17) is 14.6 Å². The van der Waals surface area contributed by atoms with Crippen LogP contribution in [0.5, 0.6) is 0 Å². The highest BCUT2D eigenvalue weighted by Crippen LogP contribution is 2.23. The zero-order valence-electron chi connectivity index (χ0n) is 15.7. The van der Waals surface area contributed by atoms with E-state index in [1.165, 1.54) is 6.08 Å². The largest absolute Gasteiger partial charge is 0.396 e. The topological polar surface area (TPSA) is 140 Å². The van der Waals surface area contributed by atoms with E-state index < -0.39 is 49.5 Å². The second-order valence-electron chi connectivity index (χ2n) is 6.08. The molecule has 1 rings (SSSR count). The summed E-state index contributed by atoms with van der Waals surface area (Å²) in [6, 6.07) is 0. The van der Waals surface area contributed by atoms with Crippen molar-refractivity contribution in [3.63, 3.8) is 0 Å². The standard InChI is InChI=1S/C20H28O8/c1-2-3-4-5-7-10-14(23)15(11-8-6-9-12-21)27-20-19(26)18(25)17(24)16(13-22)28-20/h2-3,8,11,14-26H,6,9,12-13H2,1H3/t14?,15?,16-,17-,18+,19-,20-/m1/s1. The van der Waals surface area contributed by atoms with Crippen molar-refractivity contribution in [2.75, 3.05) is 13.2 Å². The van der Waals surface area contributed by atoms with Gasteiger partial charge < -0.3 is 40.1 Å². The molecule has 1 aliphatic rings. The monoisotopic (exact) mass is 396 g/mol. The molecule has 156 valence electrons. The van der Waals surface area contributed by atoms with Crippen LogP contribution in [-0.2, 0) is 9.47 Å². The predicted octanol–water partition coefficient (Wildman–Crippen LogP) is -1.56. The van der Waals surface area contributed by atoms with E-state index in [0.29, 0.717) is 12.8 Å². The minimum atomic E-state index is -1.60. The molecule has 1 fully saturated rings. The summed E-state index contributed by atoms with van der Waals surface area (Å²) in [6.45, 7) is 1.22. The highest BCUT2D eigenvalue weighted by Gasteiger charge is 2.45. The molecule has 0 bridgehead atoms. The van der Waals surface area contributed by atoms with Gasteiger partial charge in [-0.1, -0.05) is 30.1 Å². The summed E-state index contributed by atoms with van der Waals surface area (Å²) in [4.78, 5) is 0. The first-order valence-electron chi connectivity index (χ1n) is 9.00. The molecule has 1 heterocycles. The van der Waals surface area contributed by atoms with Crippen LogP contribution < -0.4 is 0 Å². The normalized spacial score (nSPS) is 29.8. The van der Waals surface area contributed by atoms with Crippen molar-refractivity contribution in [1.29, 1.82) is 0 Å². The maximum atomic E-state index is 10.3. The van der Waals surface area contributed by atoms with Gasteiger partial charge in [0.2, 0.25) is 0 Å². The maximum Gasteiger partial charge on any atom is 0.187 e. The molecular formula is C20H28O8. The first-order valence-corrected chi connectivity index (χ1v) is 9.00. The molecule has 6 N–H and O–H groups in total. The molecule has 0 aromatic heterocycles. The Morgan fingerprint density at radius 2 is 1.86 bits per heavy atom. The number of aliphatic hydroxyl groups is 6. The molecule has 28 heavy (non-hydrogen) atoms.